The quantitative estimate of drug-likeness (QED) is 0.0486. The van der Waals surface area contributed by atoms with Crippen molar-refractivity contribution in [2.24, 2.45) is 0 Å². The zero-order valence-electron chi connectivity index (χ0n) is 33.0. The van der Waals surface area contributed by atoms with Crippen LogP contribution in [0.4, 0.5) is 0 Å². The van der Waals surface area contributed by atoms with Crippen molar-refractivity contribution in [2.45, 2.75) is 96.0 Å². The summed E-state index contributed by atoms with van der Waals surface area (Å²) in [5, 5.41) is 2.08. The highest BCUT2D eigenvalue weighted by molar-refractivity contribution is 6.92. The van der Waals surface area contributed by atoms with E-state index in [1.807, 2.05) is 78.9 Å². The Balaban J connectivity index is 1.33. The van der Waals surface area contributed by atoms with Crippen molar-refractivity contribution < 1.29 is 32.5 Å². The number of benzene rings is 5. The van der Waals surface area contributed by atoms with Gasteiger partial charge in [0.05, 0.1) is 26.4 Å². The summed E-state index contributed by atoms with van der Waals surface area (Å²) in [6, 6.07) is 51.3. The lowest BCUT2D eigenvalue weighted by Crippen LogP contribution is -2.66. The highest BCUT2D eigenvalue weighted by Gasteiger charge is 2.51. The predicted octanol–water partition coefficient (Wildman–Crippen LogP) is 8.76. The molecule has 296 valence electrons. The fraction of sp³-hybridized carbons (Fsp3) is 0.375. The van der Waals surface area contributed by atoms with Gasteiger partial charge in [-0.2, -0.15) is 0 Å². The van der Waals surface area contributed by atoms with Gasteiger partial charge in [-0.15, -0.1) is 0 Å². The monoisotopic (exact) mass is 774 g/mol. The van der Waals surface area contributed by atoms with E-state index in [4.69, 9.17) is 32.5 Å². The van der Waals surface area contributed by atoms with E-state index in [2.05, 4.69) is 79.7 Å². The normalized spacial score (nSPS) is 19.9. The van der Waals surface area contributed by atoms with Gasteiger partial charge in [0.15, 0.2) is 6.29 Å². The summed E-state index contributed by atoms with van der Waals surface area (Å²) in [7, 11) is -1.62. The van der Waals surface area contributed by atoms with Crippen LogP contribution in [0.15, 0.2) is 152 Å². The largest absolute Gasteiger partial charge is 0.407 e. The first-order valence-electron chi connectivity index (χ1n) is 20.2. The molecule has 0 radical (unpaired) electrons. The molecule has 5 aromatic rings. The van der Waals surface area contributed by atoms with Crippen LogP contribution in [0, 0.1) is 0 Å². The Labute approximate surface area is 335 Å². The van der Waals surface area contributed by atoms with Gasteiger partial charge in [-0.25, -0.2) is 0 Å². The summed E-state index contributed by atoms with van der Waals surface area (Å²) in [6.07, 6.45) is 3.95. The number of rotatable bonds is 23. The molecule has 5 atom stereocenters. The second kappa shape index (κ2) is 22.7. The van der Waals surface area contributed by atoms with Gasteiger partial charge < -0.3 is 32.5 Å². The van der Waals surface area contributed by atoms with Gasteiger partial charge in [-0.1, -0.05) is 191 Å². The average Bonchev–Trinajstić information content (AvgIpc) is 3.26. The lowest BCUT2D eigenvalue weighted by molar-refractivity contribution is -0.321. The van der Waals surface area contributed by atoms with Gasteiger partial charge in [-0.3, -0.25) is 0 Å². The molecule has 0 saturated carbocycles. The van der Waals surface area contributed by atoms with Gasteiger partial charge in [0.1, 0.15) is 24.4 Å². The smallest absolute Gasteiger partial charge is 0.388 e. The Morgan fingerprint density at radius 1 is 0.482 bits per heavy atom. The highest BCUT2D eigenvalue weighted by atomic mass is 28.4. The molecule has 1 saturated heterocycles. The summed E-state index contributed by atoms with van der Waals surface area (Å²) in [5.74, 6) is 0. The predicted molar refractivity (Wildman–Crippen MR) is 224 cm³/mol. The number of hydrogen-bond acceptors (Lipinski definition) is 7. The van der Waals surface area contributed by atoms with Gasteiger partial charge >= 0.3 is 8.56 Å². The van der Waals surface area contributed by atoms with Crippen LogP contribution in [-0.4, -0.2) is 59.6 Å². The molecule has 56 heavy (non-hydrogen) atoms. The summed E-state index contributed by atoms with van der Waals surface area (Å²) in [6.45, 7) is 4.10. The maximum absolute atomic E-state index is 7.30. The molecule has 0 bridgehead atoms. The zero-order valence-corrected chi connectivity index (χ0v) is 34.0. The fourth-order valence-electron chi connectivity index (χ4n) is 7.22. The van der Waals surface area contributed by atoms with Gasteiger partial charge in [-0.05, 0) is 33.5 Å². The van der Waals surface area contributed by atoms with Gasteiger partial charge in [0, 0.05) is 13.7 Å². The van der Waals surface area contributed by atoms with Crippen LogP contribution in [0.2, 0.25) is 0 Å². The lowest BCUT2D eigenvalue weighted by Gasteiger charge is -2.46. The second-order valence-corrected chi connectivity index (χ2v) is 17.3. The van der Waals surface area contributed by atoms with Gasteiger partial charge in [0.2, 0.25) is 0 Å². The van der Waals surface area contributed by atoms with E-state index >= 15 is 0 Å². The average molecular weight is 775 g/mol. The molecule has 1 fully saturated rings. The molecule has 0 aromatic heterocycles. The van der Waals surface area contributed by atoms with Gasteiger partial charge in [0.25, 0.3) is 0 Å². The summed E-state index contributed by atoms with van der Waals surface area (Å²) in [4.78, 5) is 0. The molecule has 7 nitrogen and oxygen atoms in total. The highest BCUT2D eigenvalue weighted by Crippen LogP contribution is 2.32. The van der Waals surface area contributed by atoms with Crippen LogP contribution in [0.3, 0.4) is 0 Å². The molecule has 0 unspecified atom stereocenters. The molecule has 8 heteroatoms. The standard InChI is InChI=1S/C48H58O7Si/c1-3-4-5-6-7-23-34-53-56(42-30-19-11-20-31-42,43-32-21-12-22-33-43)54-38-44-45(50-35-39-24-13-8-14-25-39)46(51-36-40-26-15-9-16-27-40)47(48(49-2)55-44)52-37-41-28-17-10-18-29-41/h8-22,24-33,44-48H,3-7,23,34-38H2,1-2H3/t44-,45-,46+,47-,48+/m1/s1. The lowest BCUT2D eigenvalue weighted by atomic mass is 9.98. The molecule has 0 aliphatic carbocycles. The maximum Gasteiger partial charge on any atom is 0.407 e. The van der Waals surface area contributed by atoms with Crippen LogP contribution in [-0.2, 0) is 52.4 Å². The molecule has 0 N–H and O–H groups in total. The van der Waals surface area contributed by atoms with E-state index in [-0.39, 0.29) is 6.61 Å². The van der Waals surface area contributed by atoms with Crippen molar-refractivity contribution in [1.82, 2.24) is 0 Å². The van der Waals surface area contributed by atoms with Crippen molar-refractivity contribution in [1.29, 1.82) is 0 Å². The van der Waals surface area contributed by atoms with E-state index in [1.54, 1.807) is 7.11 Å². The zero-order chi connectivity index (χ0) is 38.7. The first-order chi connectivity index (χ1) is 27.7. The summed E-state index contributed by atoms with van der Waals surface area (Å²) in [5.41, 5.74) is 3.14. The van der Waals surface area contributed by atoms with E-state index in [1.165, 1.54) is 25.7 Å². The molecule has 6 rings (SSSR count). The third-order valence-electron chi connectivity index (χ3n) is 10.2. The Morgan fingerprint density at radius 3 is 1.39 bits per heavy atom. The Morgan fingerprint density at radius 2 is 0.911 bits per heavy atom. The van der Waals surface area contributed by atoms with Crippen molar-refractivity contribution in [2.75, 3.05) is 20.3 Å². The van der Waals surface area contributed by atoms with Crippen LogP contribution in [0.5, 0.6) is 0 Å². The van der Waals surface area contributed by atoms with Crippen LogP contribution in [0.1, 0.15) is 62.1 Å². The number of methoxy groups -OCH3 is 1. The van der Waals surface area contributed by atoms with Crippen molar-refractivity contribution >= 4 is 18.9 Å². The van der Waals surface area contributed by atoms with Crippen LogP contribution < -0.4 is 10.4 Å². The third-order valence-corrected chi connectivity index (χ3v) is 13.6. The molecule has 1 aliphatic heterocycles. The SMILES string of the molecule is CCCCCCCCO[Si](OC[C@H]1O[C@H](OC)[C@H](OCc2ccccc2)[C@@H](OCc2ccccc2)[C@@H]1OCc1ccccc1)(c1ccccc1)c1ccccc1. The Bertz CT molecular complexity index is 1730. The molecule has 1 heterocycles. The van der Waals surface area contributed by atoms with E-state index in [0.29, 0.717) is 26.4 Å². The second-order valence-electron chi connectivity index (χ2n) is 14.3. The number of ether oxygens (including phenoxy) is 5. The maximum atomic E-state index is 7.30. The minimum atomic E-state index is -3.27. The molecule has 1 aliphatic rings. The topological polar surface area (TPSA) is 64.6 Å². The molecular formula is C48H58O7Si. The first-order valence-corrected chi connectivity index (χ1v) is 22.1. The Hall–Kier alpha value is -3.96. The number of hydrogen-bond donors (Lipinski definition) is 0. The van der Waals surface area contributed by atoms with E-state index < -0.39 is 39.3 Å². The molecular weight excluding hydrogens is 717 g/mol. The van der Waals surface area contributed by atoms with E-state index in [9.17, 15) is 0 Å². The fourth-order valence-corrected chi connectivity index (χ4v) is 10.4. The first kappa shape index (κ1) is 41.7. The van der Waals surface area contributed by atoms with Crippen LogP contribution >= 0.6 is 0 Å². The van der Waals surface area contributed by atoms with Crippen molar-refractivity contribution in [3.8, 4) is 0 Å². The minimum Gasteiger partial charge on any atom is -0.388 e. The van der Waals surface area contributed by atoms with Crippen molar-refractivity contribution in [3.05, 3.63) is 168 Å². The van der Waals surface area contributed by atoms with Crippen LogP contribution in [0.25, 0.3) is 0 Å². The third kappa shape index (κ3) is 11.8. The number of unbranched alkanes of at least 4 members (excludes halogenated alkanes) is 5. The molecule has 0 amide bonds. The van der Waals surface area contributed by atoms with E-state index in [0.717, 1.165) is 39.9 Å². The Kier molecular flexibility index (Phi) is 16.9. The molecule has 0 spiro atoms. The summed E-state index contributed by atoms with van der Waals surface area (Å²) >= 11 is 0. The van der Waals surface area contributed by atoms with Crippen molar-refractivity contribution in [3.63, 3.8) is 0 Å². The summed E-state index contributed by atoms with van der Waals surface area (Å²) < 4.78 is 47.8. The molecule has 5 aromatic carbocycles. The minimum absolute atomic E-state index is 0.183.